The van der Waals surface area contributed by atoms with Crippen LogP contribution >= 0.6 is 0 Å². The van der Waals surface area contributed by atoms with Gasteiger partial charge < -0.3 is 11.1 Å². The third-order valence-corrected chi connectivity index (χ3v) is 4.19. The monoisotopic (exact) mass is 240 g/mol. The molecule has 0 bridgehead atoms. The van der Waals surface area contributed by atoms with Crippen molar-refractivity contribution in [1.82, 2.24) is 5.32 Å². The zero-order valence-electron chi connectivity index (χ0n) is 11.6. The van der Waals surface area contributed by atoms with Gasteiger partial charge in [-0.1, -0.05) is 20.8 Å². The molecule has 0 aromatic rings. The van der Waals surface area contributed by atoms with Gasteiger partial charge in [0.25, 0.3) is 0 Å². The largest absolute Gasteiger partial charge is 0.370 e. The van der Waals surface area contributed by atoms with Gasteiger partial charge in [-0.05, 0) is 50.5 Å². The van der Waals surface area contributed by atoms with Crippen LogP contribution in [0.1, 0.15) is 59.3 Å². The molecule has 0 aromatic heterocycles. The molecule has 0 saturated heterocycles. The SMILES string of the molecule is CCCNC1(CC(N)=O)CCC(C(C)C)CC1. The molecule has 1 rings (SSSR count). The molecular weight excluding hydrogens is 212 g/mol. The molecule has 0 radical (unpaired) electrons. The Kier molecular flexibility index (Phi) is 5.44. The molecule has 0 aliphatic heterocycles. The lowest BCUT2D eigenvalue weighted by atomic mass is 9.71. The van der Waals surface area contributed by atoms with Crippen molar-refractivity contribution in [3.63, 3.8) is 0 Å². The minimum absolute atomic E-state index is 0.00671. The van der Waals surface area contributed by atoms with E-state index in [4.69, 9.17) is 5.73 Å². The fourth-order valence-corrected chi connectivity index (χ4v) is 3.00. The zero-order chi connectivity index (χ0) is 12.9. The van der Waals surface area contributed by atoms with Crippen LogP contribution in [-0.2, 0) is 4.79 Å². The van der Waals surface area contributed by atoms with Crippen molar-refractivity contribution in [2.45, 2.75) is 64.8 Å². The van der Waals surface area contributed by atoms with Gasteiger partial charge >= 0.3 is 0 Å². The molecule has 0 unspecified atom stereocenters. The summed E-state index contributed by atoms with van der Waals surface area (Å²) in [7, 11) is 0. The van der Waals surface area contributed by atoms with Crippen LogP contribution in [-0.4, -0.2) is 18.0 Å². The fraction of sp³-hybridized carbons (Fsp3) is 0.929. The molecule has 1 aliphatic rings. The Morgan fingerprint density at radius 1 is 1.41 bits per heavy atom. The van der Waals surface area contributed by atoms with E-state index in [-0.39, 0.29) is 11.4 Å². The van der Waals surface area contributed by atoms with Gasteiger partial charge in [0.05, 0.1) is 0 Å². The highest BCUT2D eigenvalue weighted by molar-refractivity contribution is 5.75. The van der Waals surface area contributed by atoms with E-state index in [1.807, 2.05) is 0 Å². The van der Waals surface area contributed by atoms with Crippen LogP contribution in [0.25, 0.3) is 0 Å². The molecule has 1 aliphatic carbocycles. The standard InChI is InChI=1S/C14H28N2O/c1-4-9-16-14(10-13(15)17)7-5-12(6-8-14)11(2)3/h11-12,16H,4-10H2,1-3H3,(H2,15,17). The normalized spacial score (nSPS) is 29.5. The molecule has 1 saturated carbocycles. The lowest BCUT2D eigenvalue weighted by Crippen LogP contribution is -2.51. The smallest absolute Gasteiger partial charge is 0.219 e. The van der Waals surface area contributed by atoms with Gasteiger partial charge in [0.2, 0.25) is 5.91 Å². The summed E-state index contributed by atoms with van der Waals surface area (Å²) in [6.45, 7) is 7.74. The number of rotatable bonds is 6. The summed E-state index contributed by atoms with van der Waals surface area (Å²) >= 11 is 0. The maximum absolute atomic E-state index is 11.2. The van der Waals surface area contributed by atoms with E-state index < -0.39 is 0 Å². The second-order valence-electron chi connectivity index (χ2n) is 5.93. The number of hydrogen-bond acceptors (Lipinski definition) is 2. The van der Waals surface area contributed by atoms with Crippen LogP contribution in [0.5, 0.6) is 0 Å². The molecular formula is C14H28N2O. The van der Waals surface area contributed by atoms with Crippen molar-refractivity contribution >= 4 is 5.91 Å². The molecule has 0 spiro atoms. The lowest BCUT2D eigenvalue weighted by Gasteiger charge is -2.41. The number of nitrogens with two attached hydrogens (primary N) is 1. The first-order chi connectivity index (χ1) is 7.99. The molecule has 17 heavy (non-hydrogen) atoms. The van der Waals surface area contributed by atoms with Gasteiger partial charge in [-0.2, -0.15) is 0 Å². The Labute approximate surface area is 106 Å². The van der Waals surface area contributed by atoms with Gasteiger partial charge in [0.1, 0.15) is 0 Å². The summed E-state index contributed by atoms with van der Waals surface area (Å²) in [6, 6.07) is 0. The minimum atomic E-state index is -0.170. The van der Waals surface area contributed by atoms with Gasteiger partial charge in [0, 0.05) is 12.0 Å². The average molecular weight is 240 g/mol. The minimum Gasteiger partial charge on any atom is -0.370 e. The molecule has 3 N–H and O–H groups in total. The van der Waals surface area contributed by atoms with E-state index in [0.717, 1.165) is 37.6 Å². The maximum atomic E-state index is 11.2. The van der Waals surface area contributed by atoms with E-state index in [0.29, 0.717) is 6.42 Å². The van der Waals surface area contributed by atoms with Gasteiger partial charge in [-0.25, -0.2) is 0 Å². The van der Waals surface area contributed by atoms with E-state index in [1.165, 1.54) is 12.8 Å². The van der Waals surface area contributed by atoms with E-state index >= 15 is 0 Å². The summed E-state index contributed by atoms with van der Waals surface area (Å²) in [5.74, 6) is 1.41. The van der Waals surface area contributed by atoms with Crippen LogP contribution < -0.4 is 11.1 Å². The average Bonchev–Trinajstić information content (AvgIpc) is 2.26. The zero-order valence-corrected chi connectivity index (χ0v) is 11.6. The summed E-state index contributed by atoms with van der Waals surface area (Å²) < 4.78 is 0. The third kappa shape index (κ3) is 4.30. The second-order valence-corrected chi connectivity index (χ2v) is 5.93. The number of nitrogens with one attached hydrogen (secondary N) is 1. The summed E-state index contributed by atoms with van der Waals surface area (Å²) in [4.78, 5) is 11.2. The Morgan fingerprint density at radius 3 is 2.41 bits per heavy atom. The Hall–Kier alpha value is -0.570. The Balaban J connectivity index is 2.58. The molecule has 0 atom stereocenters. The number of amides is 1. The van der Waals surface area contributed by atoms with Crippen molar-refractivity contribution in [3.8, 4) is 0 Å². The predicted octanol–water partition coefficient (Wildman–Crippen LogP) is 2.45. The van der Waals surface area contributed by atoms with Crippen molar-refractivity contribution in [3.05, 3.63) is 0 Å². The molecule has 100 valence electrons. The Bertz CT molecular complexity index is 243. The van der Waals surface area contributed by atoms with Crippen LogP contribution in [0, 0.1) is 11.8 Å². The number of carbonyl (C=O) groups excluding carboxylic acids is 1. The van der Waals surface area contributed by atoms with Crippen molar-refractivity contribution < 1.29 is 4.79 Å². The summed E-state index contributed by atoms with van der Waals surface area (Å²) in [5, 5.41) is 3.57. The van der Waals surface area contributed by atoms with Crippen LogP contribution in [0.4, 0.5) is 0 Å². The highest BCUT2D eigenvalue weighted by Crippen LogP contribution is 2.37. The molecule has 3 heteroatoms. The molecule has 0 heterocycles. The predicted molar refractivity (Wildman–Crippen MR) is 71.6 cm³/mol. The number of primary amides is 1. The highest BCUT2D eigenvalue weighted by atomic mass is 16.1. The fourth-order valence-electron chi connectivity index (χ4n) is 3.00. The molecule has 1 amide bonds. The molecule has 1 fully saturated rings. The molecule has 3 nitrogen and oxygen atoms in total. The number of carbonyl (C=O) groups is 1. The summed E-state index contributed by atoms with van der Waals surface area (Å²) in [6.07, 6.45) is 6.24. The quantitative estimate of drug-likeness (QED) is 0.749. The van der Waals surface area contributed by atoms with E-state index in [9.17, 15) is 4.79 Å². The van der Waals surface area contributed by atoms with Crippen LogP contribution in [0.2, 0.25) is 0 Å². The Morgan fingerprint density at radius 2 is 2.00 bits per heavy atom. The molecule has 0 aromatic carbocycles. The van der Waals surface area contributed by atoms with Gasteiger partial charge in [-0.15, -0.1) is 0 Å². The first-order valence-corrected chi connectivity index (χ1v) is 7.02. The van der Waals surface area contributed by atoms with E-state index in [2.05, 4.69) is 26.1 Å². The first-order valence-electron chi connectivity index (χ1n) is 7.02. The maximum Gasteiger partial charge on any atom is 0.219 e. The van der Waals surface area contributed by atoms with E-state index in [1.54, 1.807) is 0 Å². The van der Waals surface area contributed by atoms with Crippen LogP contribution in [0.3, 0.4) is 0 Å². The number of hydrogen-bond donors (Lipinski definition) is 2. The van der Waals surface area contributed by atoms with Gasteiger partial charge in [-0.3, -0.25) is 4.79 Å². The van der Waals surface area contributed by atoms with Crippen molar-refractivity contribution in [2.24, 2.45) is 17.6 Å². The highest BCUT2D eigenvalue weighted by Gasteiger charge is 2.36. The van der Waals surface area contributed by atoms with Gasteiger partial charge in [0.15, 0.2) is 0 Å². The third-order valence-electron chi connectivity index (χ3n) is 4.19. The topological polar surface area (TPSA) is 55.1 Å². The first kappa shape index (κ1) is 14.5. The van der Waals surface area contributed by atoms with Crippen LogP contribution in [0.15, 0.2) is 0 Å². The van der Waals surface area contributed by atoms with Crippen molar-refractivity contribution in [2.75, 3.05) is 6.54 Å². The second kappa shape index (κ2) is 6.39. The summed E-state index contributed by atoms with van der Waals surface area (Å²) in [5.41, 5.74) is 5.39. The van der Waals surface area contributed by atoms with Crippen molar-refractivity contribution in [1.29, 1.82) is 0 Å². The lowest BCUT2D eigenvalue weighted by molar-refractivity contribution is -0.120.